The van der Waals surface area contributed by atoms with E-state index >= 15 is 0 Å². The van der Waals surface area contributed by atoms with E-state index in [-0.39, 0.29) is 0 Å². The lowest BCUT2D eigenvalue weighted by molar-refractivity contribution is 0.388. The highest BCUT2D eigenvalue weighted by atomic mass is 79.9. The average molecular weight is 284 g/mol. The van der Waals surface area contributed by atoms with Gasteiger partial charge in [0.05, 0.1) is 28.6 Å². The lowest BCUT2D eigenvalue weighted by Crippen LogP contribution is -2.05. The highest BCUT2D eigenvalue weighted by Gasteiger charge is 2.06. The van der Waals surface area contributed by atoms with Gasteiger partial charge in [0, 0.05) is 13.1 Å². The van der Waals surface area contributed by atoms with Crippen molar-refractivity contribution in [2.75, 3.05) is 11.1 Å². The van der Waals surface area contributed by atoms with E-state index in [1.54, 1.807) is 19.3 Å². The van der Waals surface area contributed by atoms with E-state index in [0.717, 1.165) is 10.2 Å². The molecule has 0 saturated carbocycles. The van der Waals surface area contributed by atoms with Crippen LogP contribution in [-0.4, -0.2) is 15.1 Å². The number of nitrogens with zero attached hydrogens (tertiary/aromatic N) is 3. The first-order valence-electron chi connectivity index (χ1n) is 4.59. The summed E-state index contributed by atoms with van der Waals surface area (Å²) in [5.41, 5.74) is 7.11. The molecule has 16 heavy (non-hydrogen) atoms. The van der Waals surface area contributed by atoms with E-state index < -0.39 is 0 Å². The molecule has 0 aliphatic heterocycles. The van der Waals surface area contributed by atoms with E-state index in [9.17, 15) is 0 Å². The van der Waals surface area contributed by atoms with Crippen LogP contribution in [0.2, 0.25) is 0 Å². The van der Waals surface area contributed by atoms with Crippen molar-refractivity contribution in [3.05, 3.63) is 28.6 Å². The second-order valence-electron chi connectivity index (χ2n) is 3.17. The van der Waals surface area contributed by atoms with Crippen molar-refractivity contribution < 1.29 is 4.52 Å². The molecule has 0 atom stereocenters. The smallest absolute Gasteiger partial charge is 0.223 e. The fourth-order valence-corrected chi connectivity index (χ4v) is 1.70. The number of aryl methyl sites for hydroxylation is 1. The molecule has 2 aromatic rings. The molecule has 2 rings (SSSR count). The third kappa shape index (κ3) is 2.30. The third-order valence-electron chi connectivity index (χ3n) is 1.92. The molecule has 7 heteroatoms. The molecule has 6 nitrogen and oxygen atoms in total. The molecule has 2 aromatic heterocycles. The first-order chi connectivity index (χ1) is 7.66. The minimum atomic E-state index is 0.449. The van der Waals surface area contributed by atoms with Gasteiger partial charge in [-0.15, -0.1) is 0 Å². The minimum Gasteiger partial charge on any atom is -0.396 e. The highest BCUT2D eigenvalue weighted by Crippen LogP contribution is 2.27. The Morgan fingerprint density at radius 1 is 1.50 bits per heavy atom. The molecule has 0 bridgehead atoms. The quantitative estimate of drug-likeness (QED) is 0.892. The van der Waals surface area contributed by atoms with Crippen LogP contribution in [0.15, 0.2) is 21.4 Å². The monoisotopic (exact) mass is 283 g/mol. The summed E-state index contributed by atoms with van der Waals surface area (Å²) in [6.45, 7) is 2.19. The molecule has 2 heterocycles. The van der Waals surface area contributed by atoms with Gasteiger partial charge in [0.25, 0.3) is 0 Å². The topological polar surface area (TPSA) is 89.9 Å². The van der Waals surface area contributed by atoms with Gasteiger partial charge in [-0.05, 0) is 15.9 Å². The van der Waals surface area contributed by atoms with Crippen molar-refractivity contribution in [2.45, 2.75) is 13.5 Å². The number of halogens is 1. The molecule has 0 amide bonds. The maximum atomic E-state index is 5.77. The van der Waals surface area contributed by atoms with Gasteiger partial charge in [0.2, 0.25) is 5.89 Å². The van der Waals surface area contributed by atoms with Crippen LogP contribution in [0.25, 0.3) is 0 Å². The van der Waals surface area contributed by atoms with Gasteiger partial charge in [-0.3, -0.25) is 4.98 Å². The predicted molar refractivity (Wildman–Crippen MR) is 62.7 cm³/mol. The summed E-state index contributed by atoms with van der Waals surface area (Å²) in [4.78, 5) is 8.01. The SMILES string of the molecule is Cc1nc(CNc2c(N)cncc2Br)no1. The summed E-state index contributed by atoms with van der Waals surface area (Å²) in [7, 11) is 0. The fourth-order valence-electron chi connectivity index (χ4n) is 1.22. The number of nitrogens with two attached hydrogens (primary N) is 1. The van der Waals surface area contributed by atoms with Crippen molar-refractivity contribution in [2.24, 2.45) is 0 Å². The number of rotatable bonds is 3. The second kappa shape index (κ2) is 4.48. The Bertz CT molecular complexity index is 478. The Morgan fingerprint density at radius 3 is 2.94 bits per heavy atom. The number of anilines is 2. The molecule has 0 unspecified atom stereocenters. The van der Waals surface area contributed by atoms with Crippen LogP contribution in [-0.2, 0) is 6.54 Å². The summed E-state index contributed by atoms with van der Waals surface area (Å²) in [6.07, 6.45) is 3.24. The number of hydrogen-bond donors (Lipinski definition) is 2. The van der Waals surface area contributed by atoms with Crippen molar-refractivity contribution in [1.82, 2.24) is 15.1 Å². The van der Waals surface area contributed by atoms with Gasteiger partial charge < -0.3 is 15.6 Å². The normalized spacial score (nSPS) is 10.4. The number of pyridine rings is 1. The first kappa shape index (κ1) is 10.9. The zero-order valence-corrected chi connectivity index (χ0v) is 10.2. The van der Waals surface area contributed by atoms with Gasteiger partial charge in [0.15, 0.2) is 5.82 Å². The van der Waals surface area contributed by atoms with Gasteiger partial charge in [-0.2, -0.15) is 4.98 Å². The van der Waals surface area contributed by atoms with E-state index in [4.69, 9.17) is 10.3 Å². The average Bonchev–Trinajstić information content (AvgIpc) is 2.63. The van der Waals surface area contributed by atoms with E-state index in [1.807, 2.05) is 0 Å². The molecule has 0 aromatic carbocycles. The second-order valence-corrected chi connectivity index (χ2v) is 4.02. The number of nitrogen functional groups attached to an aromatic ring is 1. The summed E-state index contributed by atoms with van der Waals surface area (Å²) in [5, 5.41) is 6.88. The summed E-state index contributed by atoms with van der Waals surface area (Å²) >= 11 is 3.36. The summed E-state index contributed by atoms with van der Waals surface area (Å²) in [6, 6.07) is 0. The van der Waals surface area contributed by atoms with Crippen molar-refractivity contribution >= 4 is 27.3 Å². The number of aromatic nitrogens is 3. The van der Waals surface area contributed by atoms with Crippen LogP contribution in [0.5, 0.6) is 0 Å². The Balaban J connectivity index is 2.10. The fraction of sp³-hybridized carbons (Fsp3) is 0.222. The Morgan fingerprint density at radius 2 is 2.31 bits per heavy atom. The molecule has 84 valence electrons. The lowest BCUT2D eigenvalue weighted by atomic mass is 10.3. The van der Waals surface area contributed by atoms with Crippen LogP contribution in [0.1, 0.15) is 11.7 Å². The molecule has 0 aliphatic carbocycles. The van der Waals surface area contributed by atoms with E-state index in [2.05, 4.69) is 36.4 Å². The van der Waals surface area contributed by atoms with E-state index in [1.165, 1.54) is 0 Å². The van der Waals surface area contributed by atoms with Gasteiger partial charge >= 0.3 is 0 Å². The van der Waals surface area contributed by atoms with Crippen LogP contribution in [0.3, 0.4) is 0 Å². The van der Waals surface area contributed by atoms with Crippen LogP contribution >= 0.6 is 15.9 Å². The molecule has 0 aliphatic rings. The molecule has 0 fully saturated rings. The molecule has 3 N–H and O–H groups in total. The maximum absolute atomic E-state index is 5.77. The predicted octanol–water partition coefficient (Wildman–Crippen LogP) is 1.73. The van der Waals surface area contributed by atoms with Gasteiger partial charge in [-0.25, -0.2) is 0 Å². The largest absolute Gasteiger partial charge is 0.396 e. The molecule has 0 saturated heterocycles. The molecule has 0 spiro atoms. The van der Waals surface area contributed by atoms with Crippen molar-refractivity contribution in [1.29, 1.82) is 0 Å². The zero-order valence-electron chi connectivity index (χ0n) is 8.57. The Labute approximate surface area is 100 Å². The van der Waals surface area contributed by atoms with Crippen LogP contribution in [0, 0.1) is 6.92 Å². The summed E-state index contributed by atoms with van der Waals surface area (Å²) < 4.78 is 5.66. The first-order valence-corrected chi connectivity index (χ1v) is 5.38. The molecule has 0 radical (unpaired) electrons. The van der Waals surface area contributed by atoms with Crippen molar-refractivity contribution in [3.8, 4) is 0 Å². The standard InChI is InChI=1S/C9H10BrN5O/c1-5-14-8(15-16-5)4-13-9-6(10)2-12-3-7(9)11/h2-3H,4,11H2,1H3,(H,12,13). The third-order valence-corrected chi connectivity index (χ3v) is 2.52. The Hall–Kier alpha value is -1.63. The minimum absolute atomic E-state index is 0.449. The van der Waals surface area contributed by atoms with Crippen LogP contribution < -0.4 is 11.1 Å². The lowest BCUT2D eigenvalue weighted by Gasteiger charge is -2.08. The molecular weight excluding hydrogens is 274 g/mol. The van der Waals surface area contributed by atoms with Gasteiger partial charge in [0.1, 0.15) is 0 Å². The Kier molecular flexibility index (Phi) is 3.04. The maximum Gasteiger partial charge on any atom is 0.223 e. The molecular formula is C9H10BrN5O. The van der Waals surface area contributed by atoms with E-state index in [0.29, 0.717) is 23.9 Å². The van der Waals surface area contributed by atoms with Crippen molar-refractivity contribution in [3.63, 3.8) is 0 Å². The highest BCUT2D eigenvalue weighted by molar-refractivity contribution is 9.10. The zero-order chi connectivity index (χ0) is 11.5. The van der Waals surface area contributed by atoms with Crippen LogP contribution in [0.4, 0.5) is 11.4 Å². The number of hydrogen-bond acceptors (Lipinski definition) is 6. The summed E-state index contributed by atoms with van der Waals surface area (Å²) in [5.74, 6) is 1.12. The number of nitrogens with one attached hydrogen (secondary N) is 1. The van der Waals surface area contributed by atoms with Gasteiger partial charge in [-0.1, -0.05) is 5.16 Å².